The van der Waals surface area contributed by atoms with Crippen LogP contribution in [0, 0.1) is 6.92 Å². The molecule has 0 saturated carbocycles. The highest BCUT2D eigenvalue weighted by Gasteiger charge is 2.29. The highest BCUT2D eigenvalue weighted by molar-refractivity contribution is 5.94. The minimum Gasteiger partial charge on any atom is -0.332 e. The second-order valence-electron chi connectivity index (χ2n) is 5.81. The lowest BCUT2D eigenvalue weighted by atomic mass is 9.93. The number of carbonyl (C=O) groups is 1. The van der Waals surface area contributed by atoms with Gasteiger partial charge in [-0.05, 0) is 49.4 Å². The van der Waals surface area contributed by atoms with Crippen molar-refractivity contribution in [2.45, 2.75) is 32.2 Å². The predicted molar refractivity (Wildman–Crippen MR) is 85.9 cm³/mol. The number of H-pyrrole nitrogens is 1. The SMILES string of the molecule is Cc1cc(=O)[nH]cc1[C@H]1CCCCN1C(=O)c1ccccc1. The lowest BCUT2D eigenvalue weighted by Crippen LogP contribution is -2.39. The van der Waals surface area contributed by atoms with Crippen LogP contribution in [-0.2, 0) is 0 Å². The summed E-state index contributed by atoms with van der Waals surface area (Å²) < 4.78 is 0. The lowest BCUT2D eigenvalue weighted by molar-refractivity contribution is 0.0610. The molecule has 4 heteroatoms. The molecule has 1 aromatic carbocycles. The Labute approximate surface area is 129 Å². The molecule has 1 aliphatic rings. The first kappa shape index (κ1) is 14.6. The van der Waals surface area contributed by atoms with Crippen LogP contribution in [0.3, 0.4) is 0 Å². The number of aryl methyl sites for hydroxylation is 1. The number of benzene rings is 1. The summed E-state index contributed by atoms with van der Waals surface area (Å²) in [5.74, 6) is 0.0656. The molecule has 1 N–H and O–H groups in total. The van der Waals surface area contributed by atoms with Gasteiger partial charge in [-0.25, -0.2) is 0 Å². The van der Waals surface area contributed by atoms with E-state index in [0.717, 1.165) is 42.5 Å². The fourth-order valence-electron chi connectivity index (χ4n) is 3.19. The molecule has 1 fully saturated rings. The molecule has 1 amide bonds. The quantitative estimate of drug-likeness (QED) is 0.926. The number of pyridine rings is 1. The van der Waals surface area contributed by atoms with Crippen LogP contribution in [0.4, 0.5) is 0 Å². The van der Waals surface area contributed by atoms with Crippen molar-refractivity contribution in [2.24, 2.45) is 0 Å². The topological polar surface area (TPSA) is 53.2 Å². The van der Waals surface area contributed by atoms with E-state index in [1.54, 1.807) is 12.3 Å². The maximum atomic E-state index is 12.8. The smallest absolute Gasteiger partial charge is 0.254 e. The van der Waals surface area contributed by atoms with E-state index in [9.17, 15) is 9.59 Å². The van der Waals surface area contributed by atoms with Crippen LogP contribution < -0.4 is 5.56 Å². The van der Waals surface area contributed by atoms with Crippen molar-refractivity contribution in [3.05, 3.63) is 69.6 Å². The molecule has 0 radical (unpaired) electrons. The number of likely N-dealkylation sites (tertiary alicyclic amines) is 1. The number of aromatic nitrogens is 1. The van der Waals surface area contributed by atoms with E-state index in [4.69, 9.17) is 0 Å². The molecule has 2 aromatic rings. The van der Waals surface area contributed by atoms with E-state index in [1.807, 2.05) is 42.2 Å². The maximum Gasteiger partial charge on any atom is 0.254 e. The summed E-state index contributed by atoms with van der Waals surface area (Å²) in [6.07, 6.45) is 4.82. The Morgan fingerprint density at radius 2 is 2.00 bits per heavy atom. The van der Waals surface area contributed by atoms with Gasteiger partial charge in [0, 0.05) is 24.4 Å². The van der Waals surface area contributed by atoms with Crippen LogP contribution in [0.1, 0.15) is 46.8 Å². The fourth-order valence-corrected chi connectivity index (χ4v) is 3.19. The van der Waals surface area contributed by atoms with Gasteiger partial charge in [-0.15, -0.1) is 0 Å². The Bertz CT molecular complexity index is 721. The third-order valence-corrected chi connectivity index (χ3v) is 4.32. The van der Waals surface area contributed by atoms with Gasteiger partial charge < -0.3 is 9.88 Å². The number of piperidine rings is 1. The van der Waals surface area contributed by atoms with Gasteiger partial charge in [0.1, 0.15) is 0 Å². The summed E-state index contributed by atoms with van der Waals surface area (Å²) >= 11 is 0. The van der Waals surface area contributed by atoms with Gasteiger partial charge in [0.15, 0.2) is 0 Å². The second-order valence-corrected chi connectivity index (χ2v) is 5.81. The third-order valence-electron chi connectivity index (χ3n) is 4.32. The Kier molecular flexibility index (Phi) is 4.09. The van der Waals surface area contributed by atoms with Crippen LogP contribution in [0.15, 0.2) is 47.4 Å². The number of hydrogen-bond donors (Lipinski definition) is 1. The van der Waals surface area contributed by atoms with Crippen LogP contribution in [-0.4, -0.2) is 22.3 Å². The van der Waals surface area contributed by atoms with E-state index in [2.05, 4.69) is 4.98 Å². The van der Waals surface area contributed by atoms with Crippen molar-refractivity contribution >= 4 is 5.91 Å². The predicted octanol–water partition coefficient (Wildman–Crippen LogP) is 3.05. The lowest BCUT2D eigenvalue weighted by Gasteiger charge is -2.36. The Morgan fingerprint density at radius 3 is 2.73 bits per heavy atom. The van der Waals surface area contributed by atoms with E-state index in [1.165, 1.54) is 0 Å². The number of nitrogens with zero attached hydrogens (tertiary/aromatic N) is 1. The summed E-state index contributed by atoms with van der Waals surface area (Å²) in [5.41, 5.74) is 2.61. The first-order valence-electron chi connectivity index (χ1n) is 7.72. The molecule has 0 bridgehead atoms. The van der Waals surface area contributed by atoms with Gasteiger partial charge in [-0.3, -0.25) is 9.59 Å². The largest absolute Gasteiger partial charge is 0.332 e. The molecular formula is C18H20N2O2. The molecule has 1 aliphatic heterocycles. The second kappa shape index (κ2) is 6.18. The molecule has 0 aliphatic carbocycles. The molecule has 22 heavy (non-hydrogen) atoms. The van der Waals surface area contributed by atoms with E-state index < -0.39 is 0 Å². The monoisotopic (exact) mass is 296 g/mol. The average molecular weight is 296 g/mol. The summed E-state index contributed by atoms with van der Waals surface area (Å²) in [6.45, 7) is 2.70. The standard InChI is InChI=1S/C18H20N2O2/c1-13-11-17(21)19-12-15(13)16-9-5-6-10-20(16)18(22)14-7-3-2-4-8-14/h2-4,7-8,11-12,16H,5-6,9-10H2,1H3,(H,19,21)/t16-/m1/s1. The Morgan fingerprint density at radius 1 is 1.23 bits per heavy atom. The van der Waals surface area contributed by atoms with Gasteiger partial charge >= 0.3 is 0 Å². The molecule has 0 spiro atoms. The number of rotatable bonds is 2. The molecule has 1 atom stereocenters. The number of nitrogens with one attached hydrogen (secondary N) is 1. The first-order valence-corrected chi connectivity index (χ1v) is 7.72. The number of hydrogen-bond acceptors (Lipinski definition) is 2. The van der Waals surface area contributed by atoms with Crippen LogP contribution in [0.25, 0.3) is 0 Å². The maximum absolute atomic E-state index is 12.8. The normalized spacial score (nSPS) is 18.2. The summed E-state index contributed by atoms with van der Waals surface area (Å²) in [4.78, 5) is 28.9. The number of aromatic amines is 1. The zero-order chi connectivity index (χ0) is 15.5. The van der Waals surface area contributed by atoms with Gasteiger partial charge in [-0.2, -0.15) is 0 Å². The van der Waals surface area contributed by atoms with Crippen LogP contribution >= 0.6 is 0 Å². The van der Waals surface area contributed by atoms with Gasteiger partial charge in [-0.1, -0.05) is 18.2 Å². The van der Waals surface area contributed by atoms with E-state index >= 15 is 0 Å². The van der Waals surface area contributed by atoms with Gasteiger partial charge in [0.25, 0.3) is 5.91 Å². The molecule has 4 nitrogen and oxygen atoms in total. The molecular weight excluding hydrogens is 276 g/mol. The van der Waals surface area contributed by atoms with Crippen LogP contribution in [0.5, 0.6) is 0 Å². The average Bonchev–Trinajstić information content (AvgIpc) is 2.55. The highest BCUT2D eigenvalue weighted by atomic mass is 16.2. The van der Waals surface area contributed by atoms with Crippen molar-refractivity contribution in [1.29, 1.82) is 0 Å². The minimum absolute atomic E-state index is 0.0401. The van der Waals surface area contributed by atoms with Crippen LogP contribution in [0.2, 0.25) is 0 Å². The first-order chi connectivity index (χ1) is 10.7. The van der Waals surface area contributed by atoms with E-state index in [-0.39, 0.29) is 17.5 Å². The fraction of sp³-hybridized carbons (Fsp3) is 0.333. The Balaban J connectivity index is 1.94. The molecule has 1 saturated heterocycles. The highest BCUT2D eigenvalue weighted by Crippen LogP contribution is 2.33. The third kappa shape index (κ3) is 2.82. The van der Waals surface area contributed by atoms with Crippen molar-refractivity contribution in [3.63, 3.8) is 0 Å². The zero-order valence-corrected chi connectivity index (χ0v) is 12.7. The van der Waals surface area contributed by atoms with Crippen molar-refractivity contribution in [2.75, 3.05) is 6.54 Å². The molecule has 2 heterocycles. The van der Waals surface area contributed by atoms with Crippen molar-refractivity contribution < 1.29 is 4.79 Å². The zero-order valence-electron chi connectivity index (χ0n) is 12.7. The molecule has 114 valence electrons. The van der Waals surface area contributed by atoms with E-state index in [0.29, 0.717) is 0 Å². The minimum atomic E-state index is -0.0991. The van der Waals surface area contributed by atoms with Gasteiger partial charge in [0.05, 0.1) is 6.04 Å². The number of amides is 1. The van der Waals surface area contributed by atoms with Crippen molar-refractivity contribution in [1.82, 2.24) is 9.88 Å². The Hall–Kier alpha value is -2.36. The van der Waals surface area contributed by atoms with Gasteiger partial charge in [0.2, 0.25) is 5.56 Å². The summed E-state index contributed by atoms with van der Waals surface area (Å²) in [7, 11) is 0. The summed E-state index contributed by atoms with van der Waals surface area (Å²) in [5, 5.41) is 0. The van der Waals surface area contributed by atoms with Crippen molar-refractivity contribution in [3.8, 4) is 0 Å². The number of carbonyl (C=O) groups excluding carboxylic acids is 1. The molecule has 3 rings (SSSR count). The molecule has 0 unspecified atom stereocenters. The summed E-state index contributed by atoms with van der Waals surface area (Å²) in [6, 6.07) is 11.0. The molecule has 1 aromatic heterocycles.